The van der Waals surface area contributed by atoms with E-state index in [2.05, 4.69) is 16.0 Å². The fourth-order valence-corrected chi connectivity index (χ4v) is 6.05. The number of hydrogen-bond acceptors (Lipinski definition) is 6. The van der Waals surface area contributed by atoms with Gasteiger partial charge in [-0.15, -0.1) is 0 Å². The second-order valence-corrected chi connectivity index (χ2v) is 12.0. The van der Waals surface area contributed by atoms with Gasteiger partial charge in [-0.25, -0.2) is 9.37 Å². The molecule has 7 rings (SSSR count). The molecule has 222 valence electrons. The Morgan fingerprint density at radius 2 is 2.00 bits per heavy atom. The molecule has 1 aromatic heterocycles. The number of fused-ring (bicyclic) bond motifs is 3. The van der Waals surface area contributed by atoms with Crippen LogP contribution in [0.2, 0.25) is 0 Å². The van der Waals surface area contributed by atoms with Gasteiger partial charge in [-0.1, -0.05) is 56.5 Å². The van der Waals surface area contributed by atoms with Crippen LogP contribution in [0.1, 0.15) is 67.4 Å². The highest BCUT2D eigenvalue weighted by atomic mass is 19.1. The molecule has 4 atom stereocenters. The lowest BCUT2D eigenvalue weighted by Crippen LogP contribution is -2.36. The van der Waals surface area contributed by atoms with Gasteiger partial charge in [0.2, 0.25) is 5.88 Å². The van der Waals surface area contributed by atoms with Gasteiger partial charge < -0.3 is 19.3 Å². The molecule has 1 aliphatic carbocycles. The fourth-order valence-electron chi connectivity index (χ4n) is 6.05. The Morgan fingerprint density at radius 3 is 2.69 bits per heavy atom. The number of nitrogens with zero attached hydrogens (tertiary/aromatic N) is 2. The van der Waals surface area contributed by atoms with Crippen molar-refractivity contribution < 1.29 is 28.5 Å². The molecule has 4 heterocycles. The topological polar surface area (TPSA) is 81.1 Å². The van der Waals surface area contributed by atoms with Crippen LogP contribution in [-0.4, -0.2) is 53.4 Å². The van der Waals surface area contributed by atoms with Gasteiger partial charge in [0, 0.05) is 30.8 Å². The minimum atomic E-state index is -0.805. The summed E-state index contributed by atoms with van der Waals surface area (Å²) in [6.07, 6.45) is 9.03. The van der Waals surface area contributed by atoms with E-state index in [0.717, 1.165) is 66.0 Å². The lowest BCUT2D eigenvalue weighted by atomic mass is 9.91. The first-order valence-electron chi connectivity index (χ1n) is 15.1. The SMILES string of the molecule is C1CC1.COc1cc(-c2ccc(C3CCc4ccc(CC(C)C(=O)O)cc4O3)cc2CN2CC3CC2CO3)c(F)cn1. The first kappa shape index (κ1) is 28.6. The van der Waals surface area contributed by atoms with Crippen molar-refractivity contribution in [3.05, 3.63) is 76.7 Å². The number of ether oxygens (including phenoxy) is 3. The van der Waals surface area contributed by atoms with Crippen LogP contribution in [-0.2, 0) is 28.9 Å². The van der Waals surface area contributed by atoms with Gasteiger partial charge in [-0.05, 0) is 59.6 Å². The summed E-state index contributed by atoms with van der Waals surface area (Å²) in [6.45, 7) is 4.02. The summed E-state index contributed by atoms with van der Waals surface area (Å²) in [7, 11) is 1.53. The van der Waals surface area contributed by atoms with Crippen LogP contribution in [0, 0.1) is 11.7 Å². The van der Waals surface area contributed by atoms with E-state index in [1.807, 2.05) is 30.3 Å². The molecule has 2 saturated heterocycles. The number of aryl methyl sites for hydroxylation is 1. The van der Waals surface area contributed by atoms with Gasteiger partial charge >= 0.3 is 5.97 Å². The smallest absolute Gasteiger partial charge is 0.306 e. The fraction of sp³-hybridized carbons (Fsp3) is 0.471. The van der Waals surface area contributed by atoms with Crippen LogP contribution in [0.5, 0.6) is 11.6 Å². The van der Waals surface area contributed by atoms with Crippen molar-refractivity contribution in [2.24, 2.45) is 5.92 Å². The number of halogens is 1. The quantitative estimate of drug-likeness (QED) is 0.335. The molecule has 0 spiro atoms. The number of carboxylic acid groups (broad SMARTS) is 1. The molecule has 1 N–H and O–H groups in total. The number of methoxy groups -OCH3 is 1. The van der Waals surface area contributed by atoms with Crippen molar-refractivity contribution in [1.82, 2.24) is 9.88 Å². The Morgan fingerprint density at radius 1 is 1.17 bits per heavy atom. The van der Waals surface area contributed by atoms with Crippen molar-refractivity contribution >= 4 is 5.97 Å². The van der Waals surface area contributed by atoms with Crippen LogP contribution in [0.25, 0.3) is 11.1 Å². The molecule has 3 aliphatic heterocycles. The Bertz CT molecular complexity index is 1440. The normalized spacial score (nSPS) is 22.9. The third-order valence-corrected chi connectivity index (χ3v) is 8.61. The average Bonchev–Trinajstić information content (AvgIpc) is 3.74. The van der Waals surface area contributed by atoms with Crippen LogP contribution < -0.4 is 9.47 Å². The number of carboxylic acids is 1. The van der Waals surface area contributed by atoms with Crippen molar-refractivity contribution in [3.8, 4) is 22.8 Å². The van der Waals surface area contributed by atoms with Crippen molar-refractivity contribution in [1.29, 1.82) is 0 Å². The molecule has 0 radical (unpaired) electrons. The standard InChI is InChI=1S/C31H33FN2O5.C3H6/c1-18(31(35)36)9-19-3-4-20-6-8-28(39-29(20)10-19)21-5-7-25(26-13-30(37-2)33-14-27(26)32)22(11-21)15-34-16-24-12-23(34)17-38-24;1-2-3-1/h3-5,7,10-11,13-14,18,23-24,28H,6,8-9,12,15-17H2,1-2H3,(H,35,36);1-3H2. The van der Waals surface area contributed by atoms with E-state index >= 15 is 4.39 Å². The third kappa shape index (κ3) is 6.45. The zero-order valence-corrected chi connectivity index (χ0v) is 24.4. The molecule has 3 aromatic rings. The number of morpholine rings is 1. The molecule has 1 saturated carbocycles. The number of benzene rings is 2. The maximum Gasteiger partial charge on any atom is 0.306 e. The van der Waals surface area contributed by atoms with E-state index in [0.29, 0.717) is 30.5 Å². The van der Waals surface area contributed by atoms with Gasteiger partial charge in [-0.2, -0.15) is 0 Å². The molecule has 4 aliphatic rings. The van der Waals surface area contributed by atoms with Gasteiger partial charge in [0.1, 0.15) is 17.7 Å². The molecule has 42 heavy (non-hydrogen) atoms. The molecular weight excluding hydrogens is 535 g/mol. The van der Waals surface area contributed by atoms with Crippen molar-refractivity contribution in [2.45, 2.75) is 76.7 Å². The summed E-state index contributed by atoms with van der Waals surface area (Å²) in [5.41, 5.74) is 5.46. The van der Waals surface area contributed by atoms with E-state index in [-0.39, 0.29) is 18.0 Å². The molecule has 4 unspecified atom stereocenters. The molecule has 2 aromatic carbocycles. The summed E-state index contributed by atoms with van der Waals surface area (Å²) in [5.74, 6) is -0.473. The predicted molar refractivity (Wildman–Crippen MR) is 157 cm³/mol. The maximum atomic E-state index is 15.0. The zero-order valence-electron chi connectivity index (χ0n) is 24.4. The summed E-state index contributed by atoms with van der Waals surface area (Å²) in [5, 5.41) is 9.31. The van der Waals surface area contributed by atoms with Crippen LogP contribution >= 0.6 is 0 Å². The van der Waals surface area contributed by atoms with Gasteiger partial charge in [0.25, 0.3) is 0 Å². The number of aliphatic carboxylic acids is 1. The van der Waals surface area contributed by atoms with E-state index in [1.54, 1.807) is 13.0 Å². The molecular formula is C34H39FN2O5. The summed E-state index contributed by atoms with van der Waals surface area (Å²) in [4.78, 5) is 17.8. The second-order valence-electron chi connectivity index (χ2n) is 12.0. The number of carbonyl (C=O) groups is 1. The van der Waals surface area contributed by atoms with E-state index in [1.165, 1.54) is 32.6 Å². The van der Waals surface area contributed by atoms with Crippen LogP contribution in [0.4, 0.5) is 4.39 Å². The minimum absolute atomic E-state index is 0.146. The third-order valence-electron chi connectivity index (χ3n) is 8.61. The summed E-state index contributed by atoms with van der Waals surface area (Å²) < 4.78 is 32.6. The maximum absolute atomic E-state index is 15.0. The number of pyridine rings is 1. The van der Waals surface area contributed by atoms with E-state index in [4.69, 9.17) is 14.2 Å². The lowest BCUT2D eigenvalue weighted by Gasteiger charge is -2.30. The Hall–Kier alpha value is -3.49. The van der Waals surface area contributed by atoms with Gasteiger partial charge in [0.05, 0.1) is 31.9 Å². The van der Waals surface area contributed by atoms with Crippen molar-refractivity contribution in [2.75, 3.05) is 20.3 Å². The molecule has 0 amide bonds. The zero-order chi connectivity index (χ0) is 29.2. The first-order chi connectivity index (χ1) is 20.4. The monoisotopic (exact) mass is 574 g/mol. The summed E-state index contributed by atoms with van der Waals surface area (Å²) in [6, 6.07) is 14.2. The molecule has 7 nitrogen and oxygen atoms in total. The van der Waals surface area contributed by atoms with Gasteiger partial charge in [0.15, 0.2) is 0 Å². The molecule has 3 fully saturated rings. The largest absolute Gasteiger partial charge is 0.485 e. The minimum Gasteiger partial charge on any atom is -0.485 e. The van der Waals surface area contributed by atoms with E-state index in [9.17, 15) is 9.90 Å². The van der Waals surface area contributed by atoms with Crippen LogP contribution in [0.15, 0.2) is 48.7 Å². The number of rotatable bonds is 8. The predicted octanol–water partition coefficient (Wildman–Crippen LogP) is 6.37. The highest BCUT2D eigenvalue weighted by molar-refractivity contribution is 5.70. The molecule has 2 bridgehead atoms. The average molecular weight is 575 g/mol. The van der Waals surface area contributed by atoms with Gasteiger partial charge in [-0.3, -0.25) is 9.69 Å². The number of hydrogen-bond donors (Lipinski definition) is 1. The second kappa shape index (κ2) is 12.4. The Labute approximate surface area is 246 Å². The Kier molecular flexibility index (Phi) is 8.45. The first-order valence-corrected chi connectivity index (χ1v) is 15.1. The number of likely N-dealkylation sites (tertiary alicyclic amines) is 1. The lowest BCUT2D eigenvalue weighted by molar-refractivity contribution is -0.141. The highest BCUT2D eigenvalue weighted by Gasteiger charge is 2.39. The van der Waals surface area contributed by atoms with Crippen molar-refractivity contribution in [3.63, 3.8) is 0 Å². The Balaban J connectivity index is 0.000000990. The number of aromatic nitrogens is 1. The van der Waals surface area contributed by atoms with E-state index < -0.39 is 11.9 Å². The summed E-state index contributed by atoms with van der Waals surface area (Å²) >= 11 is 0. The highest BCUT2D eigenvalue weighted by Crippen LogP contribution is 2.39. The molecule has 8 heteroatoms. The van der Waals surface area contributed by atoms with Crippen LogP contribution in [0.3, 0.4) is 0 Å².